The average molecular weight is 487 g/mol. The summed E-state index contributed by atoms with van der Waals surface area (Å²) >= 11 is 0. The molecule has 1 aliphatic rings. The number of benzene rings is 3. The van der Waals surface area contributed by atoms with Gasteiger partial charge >= 0.3 is 7.12 Å². The summed E-state index contributed by atoms with van der Waals surface area (Å²) < 4.78 is 14.3. The number of rotatable bonds is 2. The Balaban J connectivity index is 2.11. The van der Waals surface area contributed by atoms with Gasteiger partial charge in [0.25, 0.3) is 0 Å². The van der Waals surface area contributed by atoms with Gasteiger partial charge in [0, 0.05) is 16.7 Å². The van der Waals surface area contributed by atoms with Crippen molar-refractivity contribution in [3.8, 4) is 5.69 Å². The first-order valence-corrected chi connectivity index (χ1v) is 12.3. The van der Waals surface area contributed by atoms with Crippen LogP contribution >= 0.6 is 0 Å². The fourth-order valence-electron chi connectivity index (χ4n) is 5.21. The number of fused-ring (bicyclic) bond motifs is 3. The van der Waals surface area contributed by atoms with Gasteiger partial charge in [-0.3, -0.25) is 0 Å². The Morgan fingerprint density at radius 3 is 1.18 bits per heavy atom. The van der Waals surface area contributed by atoms with Crippen molar-refractivity contribution in [2.24, 2.45) is 0 Å². The second-order valence-electron chi connectivity index (χ2n) is 11.1. The minimum absolute atomic E-state index is 0.00712. The van der Waals surface area contributed by atoms with Crippen molar-refractivity contribution in [1.82, 2.24) is 4.57 Å². The summed E-state index contributed by atoms with van der Waals surface area (Å²) in [5.41, 5.74) is 0.0754. The highest BCUT2D eigenvalue weighted by molar-refractivity contribution is 6.76. The second kappa shape index (κ2) is 9.36. The molecule has 3 aromatic carbocycles. The third-order valence-electron chi connectivity index (χ3n) is 8.34. The third kappa shape index (κ3) is 3.77. The summed E-state index contributed by atoms with van der Waals surface area (Å²) in [7, 11) is 76.3. The van der Waals surface area contributed by atoms with Crippen LogP contribution in [0.25, 0.3) is 27.5 Å². The normalized spacial score (nSPS) is 16.4. The summed E-state index contributed by atoms with van der Waals surface area (Å²) in [6.07, 6.45) is 0. The molecule has 1 fully saturated rings. The zero-order valence-corrected chi connectivity index (χ0v) is 22.8. The molecular formula is C24H12B13NO2. The summed E-state index contributed by atoms with van der Waals surface area (Å²) in [4.78, 5) is 0. The Kier molecular flexibility index (Phi) is 6.95. The molecule has 0 bridgehead atoms. The van der Waals surface area contributed by atoms with Crippen molar-refractivity contribution in [1.29, 1.82) is 0 Å². The fraction of sp³-hybridized carbons (Fsp3) is 0.250. The molecule has 0 saturated carbocycles. The van der Waals surface area contributed by atoms with Crippen molar-refractivity contribution in [3.63, 3.8) is 0 Å². The monoisotopic (exact) mass is 489 g/mol. The van der Waals surface area contributed by atoms with Crippen molar-refractivity contribution in [2.75, 3.05) is 0 Å². The van der Waals surface area contributed by atoms with Gasteiger partial charge < -0.3 is 13.9 Å². The van der Waals surface area contributed by atoms with E-state index in [0.717, 1.165) is 0 Å². The van der Waals surface area contributed by atoms with E-state index < -0.39 is 18.3 Å². The predicted octanol–water partition coefficient (Wildman–Crippen LogP) is -9.39. The van der Waals surface area contributed by atoms with Gasteiger partial charge in [-0.2, -0.15) is 0 Å². The highest BCUT2D eigenvalue weighted by atomic mass is 16.7. The maximum atomic E-state index is 6.69. The molecule has 1 aromatic heterocycles. The topological polar surface area (TPSA) is 23.4 Å². The molecule has 1 saturated heterocycles. The Labute approximate surface area is 251 Å². The predicted molar refractivity (Wildman–Crippen MR) is 181 cm³/mol. The zero-order chi connectivity index (χ0) is 30.0. The van der Waals surface area contributed by atoms with Crippen LogP contribution < -0.4 is 71.0 Å². The van der Waals surface area contributed by atoms with Crippen molar-refractivity contribution >= 4 is 194 Å². The van der Waals surface area contributed by atoms with Crippen molar-refractivity contribution in [2.45, 2.75) is 38.9 Å². The lowest BCUT2D eigenvalue weighted by molar-refractivity contribution is 0.00578. The molecule has 0 amide bonds. The van der Waals surface area contributed by atoms with E-state index >= 15 is 0 Å². The molecule has 2 heterocycles. The summed E-state index contributed by atoms with van der Waals surface area (Å²) in [6, 6.07) is 0. The standard InChI is InChI=1S/C24H12B13NO2/c1-23(2)24(3,4)40-37(39-23)19-15(33)11(29)14(32)18(36)22(19)38-20-5(7(25)9(27)12(30)16(20)34)6-8(26)10(28)13(31)17(35)21(6)38/h1-4H3. The Morgan fingerprint density at radius 1 is 0.450 bits per heavy atom. The lowest BCUT2D eigenvalue weighted by atomic mass is 9.58. The van der Waals surface area contributed by atoms with E-state index in [1.807, 2.05) is 27.7 Å². The molecule has 0 aliphatic carbocycles. The van der Waals surface area contributed by atoms with E-state index in [2.05, 4.69) is 0 Å². The van der Waals surface area contributed by atoms with Gasteiger partial charge in [-0.25, -0.2) is 0 Å². The van der Waals surface area contributed by atoms with E-state index in [-0.39, 0.29) is 87.7 Å². The van der Waals surface area contributed by atoms with Crippen LogP contribution in [0.1, 0.15) is 27.7 Å². The minimum atomic E-state index is -1.05. The lowest BCUT2D eigenvalue weighted by Crippen LogP contribution is -2.61. The van der Waals surface area contributed by atoms with Gasteiger partial charge in [0.1, 0.15) is 94.2 Å². The third-order valence-corrected chi connectivity index (χ3v) is 8.34. The van der Waals surface area contributed by atoms with Crippen LogP contribution in [0.3, 0.4) is 0 Å². The quantitative estimate of drug-likeness (QED) is 0.263. The Bertz CT molecular complexity index is 1700. The number of nitrogens with zero attached hydrogens (tertiary/aromatic N) is 1. The van der Waals surface area contributed by atoms with Crippen LogP contribution in [-0.2, 0) is 9.31 Å². The molecule has 0 atom stereocenters. The first-order chi connectivity index (χ1) is 18.4. The number of hydrogen-bond acceptors (Lipinski definition) is 2. The van der Waals surface area contributed by atoms with Gasteiger partial charge in [-0.05, 0) is 43.9 Å². The largest absolute Gasteiger partial charge is 0.496 e. The molecule has 4 aromatic rings. The SMILES string of the molecule is [B]c1c([B])c([B])c(-n2c3c([B])c([B])c([B])c([B])c3c3c([B])c([B])c([B])c([B])c32)c(B2OC(C)(C)C(C)(C)O2)c1[B]. The smallest absolute Gasteiger partial charge is 0.399 e. The molecule has 24 radical (unpaired) electrons. The lowest BCUT2D eigenvalue weighted by Gasteiger charge is -2.32. The average Bonchev–Trinajstić information content (AvgIpc) is 3.34. The van der Waals surface area contributed by atoms with Crippen molar-refractivity contribution in [3.05, 3.63) is 0 Å². The molecule has 40 heavy (non-hydrogen) atoms. The van der Waals surface area contributed by atoms with Crippen LogP contribution in [0.4, 0.5) is 0 Å². The minimum Gasteiger partial charge on any atom is -0.399 e. The second-order valence-corrected chi connectivity index (χ2v) is 11.1. The van der Waals surface area contributed by atoms with Crippen molar-refractivity contribution < 1.29 is 9.31 Å². The molecule has 5 rings (SSSR count). The summed E-state index contributed by atoms with van der Waals surface area (Å²) in [5, 5.41) is 0.645. The molecule has 0 N–H and O–H groups in total. The van der Waals surface area contributed by atoms with E-state index in [4.69, 9.17) is 103 Å². The number of hydrogen-bond donors (Lipinski definition) is 0. The van der Waals surface area contributed by atoms with E-state index in [1.54, 1.807) is 4.57 Å². The maximum absolute atomic E-state index is 6.69. The summed E-state index contributed by atoms with van der Waals surface area (Å²) in [6.45, 7) is 7.55. The van der Waals surface area contributed by atoms with Crippen LogP contribution in [0.2, 0.25) is 0 Å². The van der Waals surface area contributed by atoms with Crippen LogP contribution in [-0.4, -0.2) is 117 Å². The highest BCUT2D eigenvalue weighted by Crippen LogP contribution is 2.37. The Hall–Kier alpha value is -1.78. The maximum Gasteiger partial charge on any atom is 0.496 e. The Morgan fingerprint density at radius 2 is 0.775 bits per heavy atom. The van der Waals surface area contributed by atoms with E-state index in [0.29, 0.717) is 10.8 Å². The van der Waals surface area contributed by atoms with E-state index in [1.165, 1.54) is 0 Å². The fourth-order valence-corrected chi connectivity index (χ4v) is 5.21. The zero-order valence-electron chi connectivity index (χ0n) is 22.8. The van der Waals surface area contributed by atoms with E-state index in [9.17, 15) is 0 Å². The molecule has 3 nitrogen and oxygen atoms in total. The van der Waals surface area contributed by atoms with Gasteiger partial charge in [-0.1, -0.05) is 27.3 Å². The summed E-state index contributed by atoms with van der Waals surface area (Å²) in [5.74, 6) is 0. The number of aromatic nitrogens is 1. The van der Waals surface area contributed by atoms with Gasteiger partial charge in [0.2, 0.25) is 0 Å². The highest BCUT2D eigenvalue weighted by Gasteiger charge is 2.53. The van der Waals surface area contributed by atoms with Gasteiger partial charge in [-0.15, -0.1) is 38.2 Å². The first kappa shape index (κ1) is 29.7. The molecule has 164 valence electrons. The molecule has 0 spiro atoms. The first-order valence-electron chi connectivity index (χ1n) is 12.3. The molecule has 16 heteroatoms. The van der Waals surface area contributed by atoms with Crippen LogP contribution in [0.5, 0.6) is 0 Å². The molecular weight excluding hydrogens is 475 g/mol. The van der Waals surface area contributed by atoms with Crippen LogP contribution in [0.15, 0.2) is 0 Å². The molecule has 0 unspecified atom stereocenters. The van der Waals surface area contributed by atoms with Gasteiger partial charge in [0.05, 0.1) is 11.2 Å². The molecule has 1 aliphatic heterocycles. The van der Waals surface area contributed by atoms with Crippen LogP contribution in [0, 0.1) is 0 Å². The van der Waals surface area contributed by atoms with Gasteiger partial charge in [0.15, 0.2) is 0 Å².